The van der Waals surface area contributed by atoms with E-state index in [2.05, 4.69) is 25.8 Å². The Morgan fingerprint density at radius 2 is 1.59 bits per heavy atom. The van der Waals surface area contributed by atoms with Gasteiger partial charge in [-0.15, -0.1) is 0 Å². The van der Waals surface area contributed by atoms with Gasteiger partial charge in [0.15, 0.2) is 17.4 Å². The number of ether oxygens (including phenoxy) is 1. The smallest absolute Gasteiger partial charge is 0.216 e. The molecule has 2 aromatic carbocycles. The molecule has 37 heavy (non-hydrogen) atoms. The number of rotatable bonds is 16. The van der Waals surface area contributed by atoms with Gasteiger partial charge < -0.3 is 4.74 Å². The number of halogens is 3. The minimum atomic E-state index is -0.725. The summed E-state index contributed by atoms with van der Waals surface area (Å²) >= 11 is 0. The lowest BCUT2D eigenvalue weighted by Gasteiger charge is -2.12. The molecule has 1 heterocycles. The minimum absolute atomic E-state index is 0.276. The second kappa shape index (κ2) is 15.0. The molecule has 3 rings (SSSR count). The van der Waals surface area contributed by atoms with E-state index in [1.54, 1.807) is 30.3 Å². The van der Waals surface area contributed by atoms with Crippen molar-refractivity contribution in [2.24, 2.45) is 5.92 Å². The van der Waals surface area contributed by atoms with Crippen molar-refractivity contribution in [2.75, 3.05) is 6.61 Å². The average Bonchev–Trinajstić information content (AvgIpc) is 2.89. The van der Waals surface area contributed by atoms with Crippen LogP contribution in [0, 0.1) is 23.5 Å². The molecular weight excluding hydrogens is 471 g/mol. The first-order valence-corrected chi connectivity index (χ1v) is 14.1. The molecule has 202 valence electrons. The molecule has 0 saturated carbocycles. The van der Waals surface area contributed by atoms with Crippen LogP contribution in [-0.2, 0) is 6.42 Å². The van der Waals surface area contributed by atoms with E-state index in [-0.39, 0.29) is 17.7 Å². The monoisotopic (exact) mass is 513 g/mol. The molecule has 1 aromatic heterocycles. The third-order valence-electron chi connectivity index (χ3n) is 7.29. The van der Waals surface area contributed by atoms with Crippen molar-refractivity contribution < 1.29 is 17.9 Å². The molecule has 1 unspecified atom stereocenters. The summed E-state index contributed by atoms with van der Waals surface area (Å²) in [6, 6.07) is 9.74. The fourth-order valence-corrected chi connectivity index (χ4v) is 4.66. The molecule has 5 heteroatoms. The number of unbranched alkanes of at least 4 members (excludes halogenated alkanes) is 7. The second-order valence-electron chi connectivity index (χ2n) is 10.3. The van der Waals surface area contributed by atoms with Gasteiger partial charge in [-0.05, 0) is 48.8 Å². The Kier molecular flexibility index (Phi) is 11.8. The number of hydrogen-bond acceptors (Lipinski definition) is 2. The number of benzene rings is 2. The number of aryl methyl sites for hydroxylation is 1. The molecule has 0 bridgehead atoms. The lowest BCUT2D eigenvalue weighted by Crippen LogP contribution is -2.02. The van der Waals surface area contributed by atoms with Crippen LogP contribution in [0.5, 0.6) is 5.75 Å². The highest BCUT2D eigenvalue weighted by Crippen LogP contribution is 2.33. The molecule has 0 spiro atoms. The van der Waals surface area contributed by atoms with E-state index in [1.807, 2.05) is 0 Å². The van der Waals surface area contributed by atoms with Gasteiger partial charge in [0.1, 0.15) is 0 Å². The number of fused-ring (bicyclic) bond motifs is 1. The van der Waals surface area contributed by atoms with E-state index in [1.165, 1.54) is 31.7 Å². The van der Waals surface area contributed by atoms with Crippen LogP contribution in [0.1, 0.15) is 97.0 Å². The molecule has 0 aliphatic rings. The highest BCUT2D eigenvalue weighted by atomic mass is 19.1. The van der Waals surface area contributed by atoms with Crippen molar-refractivity contribution in [3.63, 3.8) is 0 Å². The first-order valence-electron chi connectivity index (χ1n) is 14.1. The Labute approximate surface area is 220 Å². The zero-order chi connectivity index (χ0) is 26.6. The maximum atomic E-state index is 15.1. The summed E-state index contributed by atoms with van der Waals surface area (Å²) in [6.07, 6.45) is 12.7. The average molecular weight is 514 g/mol. The summed E-state index contributed by atoms with van der Waals surface area (Å²) < 4.78 is 49.9. The van der Waals surface area contributed by atoms with Crippen molar-refractivity contribution in [3.8, 4) is 17.0 Å². The molecule has 0 amide bonds. The predicted octanol–water partition coefficient (Wildman–Crippen LogP) is 10.2. The number of nitrogens with zero attached hydrogens (tertiary/aromatic N) is 1. The fourth-order valence-electron chi connectivity index (χ4n) is 4.66. The van der Waals surface area contributed by atoms with Crippen LogP contribution in [0.3, 0.4) is 0 Å². The molecule has 0 saturated heterocycles. The first kappa shape index (κ1) is 29.0. The molecule has 2 nitrogen and oxygen atoms in total. The lowest BCUT2D eigenvalue weighted by atomic mass is 10.0. The summed E-state index contributed by atoms with van der Waals surface area (Å²) in [4.78, 5) is 4.12. The van der Waals surface area contributed by atoms with Crippen LogP contribution >= 0.6 is 0 Å². The van der Waals surface area contributed by atoms with Gasteiger partial charge in [0.2, 0.25) is 5.95 Å². The molecule has 3 aromatic rings. The zero-order valence-electron chi connectivity index (χ0n) is 22.7. The van der Waals surface area contributed by atoms with Crippen LogP contribution in [-0.4, -0.2) is 11.6 Å². The van der Waals surface area contributed by atoms with E-state index in [0.717, 1.165) is 50.9 Å². The van der Waals surface area contributed by atoms with Gasteiger partial charge in [0.25, 0.3) is 0 Å². The third-order valence-corrected chi connectivity index (χ3v) is 7.29. The van der Waals surface area contributed by atoms with Crippen molar-refractivity contribution in [1.29, 1.82) is 0 Å². The topological polar surface area (TPSA) is 22.1 Å². The number of aromatic nitrogens is 1. The molecule has 0 aliphatic carbocycles. The van der Waals surface area contributed by atoms with Crippen LogP contribution in [0.15, 0.2) is 36.4 Å². The lowest BCUT2D eigenvalue weighted by molar-refractivity contribution is 0.276. The van der Waals surface area contributed by atoms with Gasteiger partial charge in [-0.2, -0.15) is 4.39 Å². The summed E-state index contributed by atoms with van der Waals surface area (Å²) in [6.45, 7) is 6.94. The second-order valence-corrected chi connectivity index (χ2v) is 10.3. The van der Waals surface area contributed by atoms with Crippen molar-refractivity contribution in [1.82, 2.24) is 4.98 Å². The Morgan fingerprint density at radius 3 is 2.35 bits per heavy atom. The van der Waals surface area contributed by atoms with Crippen molar-refractivity contribution >= 4 is 10.8 Å². The predicted molar refractivity (Wildman–Crippen MR) is 148 cm³/mol. The molecule has 0 fully saturated rings. The quantitative estimate of drug-likeness (QED) is 0.140. The molecule has 1 atom stereocenters. The maximum absolute atomic E-state index is 15.1. The van der Waals surface area contributed by atoms with Crippen LogP contribution in [0.2, 0.25) is 0 Å². The van der Waals surface area contributed by atoms with E-state index >= 15 is 4.39 Å². The minimum Gasteiger partial charge on any atom is -0.488 e. The van der Waals surface area contributed by atoms with Gasteiger partial charge in [-0.25, -0.2) is 13.8 Å². The molecule has 0 aliphatic heterocycles. The highest BCUT2D eigenvalue weighted by Gasteiger charge is 2.16. The zero-order valence-corrected chi connectivity index (χ0v) is 22.7. The fraction of sp³-hybridized carbons (Fsp3) is 0.531. The summed E-state index contributed by atoms with van der Waals surface area (Å²) in [7, 11) is 0. The van der Waals surface area contributed by atoms with Crippen LogP contribution in [0.25, 0.3) is 22.0 Å². The standard InChI is InChI=1S/C32H42F3NO/c1-4-6-7-12-15-24-17-19-29(36-32(24)35)25-16-18-27-26(21-25)22-28(33)31(30(27)34)37-20-13-10-8-9-11-14-23(3)5-2/h16-19,21-23H,4-15,20H2,1-3H3. The van der Waals surface area contributed by atoms with Gasteiger partial charge in [-0.1, -0.05) is 96.8 Å². The van der Waals surface area contributed by atoms with Crippen LogP contribution in [0.4, 0.5) is 13.2 Å². The van der Waals surface area contributed by atoms with E-state index < -0.39 is 17.6 Å². The Hall–Kier alpha value is -2.56. The number of pyridine rings is 1. The SMILES string of the molecule is CCCCCCc1ccc(-c2ccc3c(F)c(OCCCCCCCC(C)CC)c(F)cc3c2)nc1F. The first-order chi connectivity index (χ1) is 17.9. The third kappa shape index (κ3) is 8.48. The van der Waals surface area contributed by atoms with Gasteiger partial charge >= 0.3 is 0 Å². The Balaban J connectivity index is 1.59. The molecule has 0 radical (unpaired) electrons. The normalized spacial score (nSPS) is 12.3. The van der Waals surface area contributed by atoms with Crippen molar-refractivity contribution in [3.05, 3.63) is 59.5 Å². The summed E-state index contributed by atoms with van der Waals surface area (Å²) in [5, 5.41) is 0.671. The van der Waals surface area contributed by atoms with Gasteiger partial charge in [0.05, 0.1) is 12.3 Å². The van der Waals surface area contributed by atoms with Crippen LogP contribution < -0.4 is 4.74 Å². The maximum Gasteiger partial charge on any atom is 0.216 e. The molecule has 0 N–H and O–H groups in total. The van der Waals surface area contributed by atoms with E-state index in [0.29, 0.717) is 28.6 Å². The van der Waals surface area contributed by atoms with Gasteiger partial charge in [-0.3, -0.25) is 0 Å². The van der Waals surface area contributed by atoms with E-state index in [4.69, 9.17) is 4.74 Å². The Morgan fingerprint density at radius 1 is 0.838 bits per heavy atom. The van der Waals surface area contributed by atoms with Gasteiger partial charge in [0, 0.05) is 16.5 Å². The largest absolute Gasteiger partial charge is 0.488 e. The summed E-state index contributed by atoms with van der Waals surface area (Å²) in [5.74, 6) is -1.45. The number of hydrogen-bond donors (Lipinski definition) is 0. The molecular formula is C32H42F3NO. The summed E-state index contributed by atoms with van der Waals surface area (Å²) in [5.41, 5.74) is 1.66. The Bertz CT molecular complexity index is 1130. The highest BCUT2D eigenvalue weighted by molar-refractivity contribution is 5.88. The van der Waals surface area contributed by atoms with E-state index in [9.17, 15) is 8.78 Å². The van der Waals surface area contributed by atoms with Crippen molar-refractivity contribution in [2.45, 2.75) is 97.8 Å².